The third-order valence-corrected chi connectivity index (χ3v) is 2.72. The Balaban J connectivity index is 2.00. The van der Waals surface area contributed by atoms with Crippen molar-refractivity contribution in [3.05, 3.63) is 71.5 Å². The molecule has 0 aromatic heterocycles. The second kappa shape index (κ2) is 3.91. The van der Waals surface area contributed by atoms with E-state index in [1.165, 1.54) is 0 Å². The normalized spacial score (nSPS) is 17.1. The monoisotopic (exact) mass is 221 g/mol. The van der Waals surface area contributed by atoms with Crippen LogP contribution in [0.4, 0.5) is 0 Å². The van der Waals surface area contributed by atoms with Crippen LogP contribution < -0.4 is 4.74 Å². The van der Waals surface area contributed by atoms with Crippen molar-refractivity contribution in [2.75, 3.05) is 0 Å². The first-order valence-electron chi connectivity index (χ1n) is 5.47. The van der Waals surface area contributed by atoms with Crippen molar-refractivity contribution in [2.24, 2.45) is 0 Å². The van der Waals surface area contributed by atoms with Gasteiger partial charge in [-0.2, -0.15) is 0 Å². The van der Waals surface area contributed by atoms with E-state index in [0.29, 0.717) is 5.71 Å². The summed E-state index contributed by atoms with van der Waals surface area (Å²) >= 11 is 0. The van der Waals surface area contributed by atoms with E-state index < -0.39 is 0 Å². The molecule has 1 heterocycles. The number of ether oxygens (including phenoxy) is 1. The van der Waals surface area contributed by atoms with Crippen LogP contribution in [0.15, 0.2) is 66.0 Å². The van der Waals surface area contributed by atoms with E-state index in [1.54, 1.807) is 12.2 Å². The second-order valence-corrected chi connectivity index (χ2v) is 3.91. The van der Waals surface area contributed by atoms with Gasteiger partial charge in [-0.15, -0.1) is 0 Å². The van der Waals surface area contributed by atoms with Gasteiger partial charge in [0.25, 0.3) is 0 Å². The van der Waals surface area contributed by atoms with Crippen LogP contribution in [0.3, 0.4) is 0 Å². The summed E-state index contributed by atoms with van der Waals surface area (Å²) in [5.74, 6) is 1.70. The van der Waals surface area contributed by atoms with E-state index in [9.17, 15) is 0 Å². The summed E-state index contributed by atoms with van der Waals surface area (Å²) in [5, 5.41) is 7.45. The largest absolute Gasteiger partial charge is 0.456 e. The Morgan fingerprint density at radius 1 is 0.824 bits per heavy atom. The smallest absolute Gasteiger partial charge is 0.134 e. The van der Waals surface area contributed by atoms with Crippen molar-refractivity contribution in [1.29, 1.82) is 5.41 Å². The highest BCUT2D eigenvalue weighted by Crippen LogP contribution is 2.29. The Bertz CT molecular complexity index is 585. The molecule has 1 aliphatic carbocycles. The first kappa shape index (κ1) is 9.85. The molecular weight excluding hydrogens is 210 g/mol. The van der Waals surface area contributed by atoms with Crippen LogP contribution in [-0.4, -0.2) is 5.71 Å². The van der Waals surface area contributed by atoms with E-state index >= 15 is 0 Å². The number of hydrogen-bond acceptors (Lipinski definition) is 2. The molecule has 3 rings (SSSR count). The van der Waals surface area contributed by atoms with Crippen molar-refractivity contribution >= 4 is 11.8 Å². The predicted molar refractivity (Wildman–Crippen MR) is 69.1 cm³/mol. The zero-order chi connectivity index (χ0) is 11.7. The van der Waals surface area contributed by atoms with Gasteiger partial charge >= 0.3 is 0 Å². The molecule has 2 nitrogen and oxygen atoms in total. The summed E-state index contributed by atoms with van der Waals surface area (Å²) in [7, 11) is 0. The minimum Gasteiger partial charge on any atom is -0.456 e. The van der Waals surface area contributed by atoms with Crippen molar-refractivity contribution in [3.8, 4) is 5.75 Å². The molecule has 82 valence electrons. The first-order chi connectivity index (χ1) is 8.33. The topological polar surface area (TPSA) is 33.1 Å². The van der Waals surface area contributed by atoms with Gasteiger partial charge in [-0.1, -0.05) is 18.2 Å². The highest BCUT2D eigenvalue weighted by Gasteiger charge is 2.11. The minimum absolute atomic E-state index is 0.509. The van der Waals surface area contributed by atoms with E-state index in [4.69, 9.17) is 10.1 Å². The van der Waals surface area contributed by atoms with Crippen molar-refractivity contribution in [3.63, 3.8) is 0 Å². The summed E-state index contributed by atoms with van der Waals surface area (Å²) in [5.41, 5.74) is 2.59. The molecule has 0 spiro atoms. The lowest BCUT2D eigenvalue weighted by Crippen LogP contribution is -2.03. The molecule has 0 saturated carbocycles. The van der Waals surface area contributed by atoms with Gasteiger partial charge in [0.2, 0.25) is 0 Å². The highest BCUT2D eigenvalue weighted by molar-refractivity contribution is 6.03. The van der Waals surface area contributed by atoms with Gasteiger partial charge in [0.15, 0.2) is 0 Å². The van der Waals surface area contributed by atoms with E-state index in [1.807, 2.05) is 48.6 Å². The lowest BCUT2D eigenvalue weighted by atomic mass is 10.0. The molecule has 0 unspecified atom stereocenters. The Kier molecular flexibility index (Phi) is 2.26. The number of fused-ring (bicyclic) bond motifs is 1. The van der Waals surface area contributed by atoms with Crippen LogP contribution in [0.1, 0.15) is 5.56 Å². The van der Waals surface area contributed by atoms with Gasteiger partial charge in [0.1, 0.15) is 11.5 Å². The quantitative estimate of drug-likeness (QED) is 0.714. The Morgan fingerprint density at radius 2 is 1.59 bits per heavy atom. The summed E-state index contributed by atoms with van der Waals surface area (Å²) in [6.07, 6.45) is 11.3. The lowest BCUT2D eigenvalue weighted by molar-refractivity contribution is 0.437. The molecule has 0 saturated heterocycles. The average Bonchev–Trinajstić information content (AvgIpc) is 2.39. The number of nitrogens with one attached hydrogen (secondary N) is 1. The fourth-order valence-corrected chi connectivity index (χ4v) is 1.82. The molecule has 17 heavy (non-hydrogen) atoms. The van der Waals surface area contributed by atoms with Gasteiger partial charge in [-0.25, -0.2) is 0 Å². The second-order valence-electron chi connectivity index (χ2n) is 3.91. The molecule has 1 aliphatic heterocycles. The fraction of sp³-hybridized carbons (Fsp3) is 0. The summed E-state index contributed by atoms with van der Waals surface area (Å²) < 4.78 is 5.83. The first-order valence-corrected chi connectivity index (χ1v) is 5.47. The van der Waals surface area contributed by atoms with Gasteiger partial charge in [-0.3, -0.25) is 0 Å². The van der Waals surface area contributed by atoms with Crippen molar-refractivity contribution < 1.29 is 4.74 Å². The SMILES string of the molecule is N=C1C=CC(=C2C=Cc3ccccc3O2)C=C1. The molecule has 0 bridgehead atoms. The van der Waals surface area contributed by atoms with Crippen LogP contribution >= 0.6 is 0 Å². The molecule has 0 radical (unpaired) electrons. The molecule has 1 aromatic rings. The van der Waals surface area contributed by atoms with Gasteiger partial charge in [-0.05, 0) is 42.5 Å². The minimum atomic E-state index is 0.509. The van der Waals surface area contributed by atoms with Gasteiger partial charge < -0.3 is 10.1 Å². The van der Waals surface area contributed by atoms with Crippen LogP contribution in [0.5, 0.6) is 5.75 Å². The maximum atomic E-state index is 7.45. The standard InChI is InChI=1S/C15H11NO/c16-13-8-5-12(6-9-13)15-10-7-11-3-1-2-4-14(11)17-15/h1-10,16H. The number of benzene rings is 1. The van der Waals surface area contributed by atoms with Crippen molar-refractivity contribution in [1.82, 2.24) is 0 Å². The molecule has 0 amide bonds. The van der Waals surface area contributed by atoms with Crippen LogP contribution in [0.2, 0.25) is 0 Å². The Hall–Kier alpha value is -2.35. The Morgan fingerprint density at radius 3 is 2.41 bits per heavy atom. The molecule has 1 N–H and O–H groups in total. The molecule has 2 heteroatoms. The molecule has 1 aromatic carbocycles. The number of rotatable bonds is 0. The fourth-order valence-electron chi connectivity index (χ4n) is 1.82. The molecule has 0 atom stereocenters. The Labute approximate surface area is 99.7 Å². The average molecular weight is 221 g/mol. The van der Waals surface area contributed by atoms with Crippen LogP contribution in [0.25, 0.3) is 6.08 Å². The third kappa shape index (κ3) is 1.85. The zero-order valence-electron chi connectivity index (χ0n) is 9.18. The summed E-state index contributed by atoms with van der Waals surface area (Å²) in [6.45, 7) is 0. The maximum absolute atomic E-state index is 7.45. The van der Waals surface area contributed by atoms with E-state index in [2.05, 4.69) is 0 Å². The van der Waals surface area contributed by atoms with E-state index in [-0.39, 0.29) is 0 Å². The van der Waals surface area contributed by atoms with E-state index in [0.717, 1.165) is 22.6 Å². The lowest BCUT2D eigenvalue weighted by Gasteiger charge is -2.16. The summed E-state index contributed by atoms with van der Waals surface area (Å²) in [6, 6.07) is 7.93. The zero-order valence-corrected chi connectivity index (χ0v) is 9.18. The predicted octanol–water partition coefficient (Wildman–Crippen LogP) is 3.49. The maximum Gasteiger partial charge on any atom is 0.134 e. The highest BCUT2D eigenvalue weighted by atomic mass is 16.5. The number of hydrogen-bond donors (Lipinski definition) is 1. The summed E-state index contributed by atoms with van der Waals surface area (Å²) in [4.78, 5) is 0. The molecule has 0 fully saturated rings. The molecule has 2 aliphatic rings. The number of allylic oxidation sites excluding steroid dienone is 6. The number of para-hydroxylation sites is 1. The van der Waals surface area contributed by atoms with Gasteiger partial charge in [0.05, 0.1) is 5.71 Å². The van der Waals surface area contributed by atoms with Crippen molar-refractivity contribution in [2.45, 2.75) is 0 Å². The van der Waals surface area contributed by atoms with Crippen LogP contribution in [0, 0.1) is 5.41 Å². The van der Waals surface area contributed by atoms with Gasteiger partial charge in [0, 0.05) is 11.1 Å². The van der Waals surface area contributed by atoms with Crippen LogP contribution in [-0.2, 0) is 0 Å². The third-order valence-electron chi connectivity index (χ3n) is 2.72. The molecular formula is C15H11NO.